The molecule has 0 amide bonds. The van der Waals surface area contributed by atoms with Crippen LogP contribution in [0.15, 0.2) is 54.6 Å². The molecule has 2 rings (SSSR count). The van der Waals surface area contributed by atoms with E-state index in [0.29, 0.717) is 5.92 Å². The maximum atomic E-state index is 11.5. The number of benzene rings is 2. The molecule has 0 bridgehead atoms. The first-order valence-corrected chi connectivity index (χ1v) is 7.19. The predicted molar refractivity (Wildman–Crippen MR) is 85.4 cm³/mol. The number of para-hydroxylation sites is 1. The van der Waals surface area contributed by atoms with Crippen molar-refractivity contribution >= 4 is 11.7 Å². The summed E-state index contributed by atoms with van der Waals surface area (Å²) in [5.74, 6) is -0.288. The second-order valence-corrected chi connectivity index (χ2v) is 5.62. The van der Waals surface area contributed by atoms with E-state index in [1.807, 2.05) is 54.6 Å². The van der Waals surface area contributed by atoms with Crippen LogP contribution in [0.1, 0.15) is 31.0 Å². The van der Waals surface area contributed by atoms with Crippen molar-refractivity contribution in [2.24, 2.45) is 5.92 Å². The number of carbonyl (C=O) groups is 1. The molecule has 0 aromatic heterocycles. The minimum Gasteiger partial charge on any atom is -0.479 e. The predicted octanol–water partition coefficient (Wildman–Crippen LogP) is 4.12. The summed E-state index contributed by atoms with van der Waals surface area (Å²) in [5.41, 5.74) is 2.80. The third kappa shape index (κ3) is 4.35. The third-order valence-corrected chi connectivity index (χ3v) is 3.29. The zero-order valence-electron chi connectivity index (χ0n) is 12.4. The lowest BCUT2D eigenvalue weighted by Crippen LogP contribution is -2.20. The molecule has 0 saturated heterocycles. The lowest BCUT2D eigenvalue weighted by molar-refractivity contribution is -0.138. The van der Waals surface area contributed by atoms with Gasteiger partial charge in [-0.15, -0.1) is 0 Å². The lowest BCUT2D eigenvalue weighted by Gasteiger charge is -2.17. The van der Waals surface area contributed by atoms with E-state index in [1.54, 1.807) is 0 Å². The number of hydrogen-bond acceptors (Lipinski definition) is 2. The van der Waals surface area contributed by atoms with Crippen LogP contribution in [-0.4, -0.2) is 11.1 Å². The second-order valence-electron chi connectivity index (χ2n) is 5.62. The van der Waals surface area contributed by atoms with Gasteiger partial charge in [0.1, 0.15) is 0 Å². The molecule has 0 saturated carbocycles. The minimum absolute atomic E-state index is 0.591. The first kappa shape index (κ1) is 15.1. The Hall–Kier alpha value is -2.29. The molecule has 0 aliphatic carbocycles. The Morgan fingerprint density at radius 3 is 2.19 bits per heavy atom. The average Bonchev–Trinajstić information content (AvgIpc) is 2.46. The number of carboxylic acid groups (broad SMARTS) is 1. The number of nitrogens with one attached hydrogen (secondary N) is 1. The van der Waals surface area contributed by atoms with E-state index in [0.717, 1.165) is 17.7 Å². The lowest BCUT2D eigenvalue weighted by atomic mass is 9.99. The molecule has 0 heterocycles. The molecule has 0 spiro atoms. The van der Waals surface area contributed by atoms with Gasteiger partial charge in [0.05, 0.1) is 0 Å². The fraction of sp³-hybridized carbons (Fsp3) is 0.278. The molecule has 0 radical (unpaired) electrons. The fourth-order valence-corrected chi connectivity index (χ4v) is 2.31. The third-order valence-electron chi connectivity index (χ3n) is 3.29. The molecule has 0 aliphatic rings. The molecular weight excluding hydrogens is 262 g/mol. The topological polar surface area (TPSA) is 49.3 Å². The summed E-state index contributed by atoms with van der Waals surface area (Å²) < 4.78 is 0. The van der Waals surface area contributed by atoms with Crippen molar-refractivity contribution in [2.45, 2.75) is 26.3 Å². The highest BCUT2D eigenvalue weighted by atomic mass is 16.4. The van der Waals surface area contributed by atoms with E-state index < -0.39 is 12.0 Å². The first-order chi connectivity index (χ1) is 10.1. The first-order valence-electron chi connectivity index (χ1n) is 7.19. The second kappa shape index (κ2) is 6.93. The van der Waals surface area contributed by atoms with Crippen LogP contribution in [-0.2, 0) is 11.2 Å². The van der Waals surface area contributed by atoms with E-state index in [2.05, 4.69) is 19.2 Å². The van der Waals surface area contributed by atoms with Crippen LogP contribution in [0.25, 0.3) is 0 Å². The molecule has 2 aromatic carbocycles. The van der Waals surface area contributed by atoms with Gasteiger partial charge in [-0.05, 0) is 35.6 Å². The highest BCUT2D eigenvalue weighted by Gasteiger charge is 2.19. The Morgan fingerprint density at radius 1 is 1.05 bits per heavy atom. The number of hydrogen-bond donors (Lipinski definition) is 2. The maximum absolute atomic E-state index is 11.5. The molecular formula is C18H21NO2. The highest BCUT2D eigenvalue weighted by Crippen LogP contribution is 2.21. The van der Waals surface area contributed by atoms with E-state index in [-0.39, 0.29) is 0 Å². The summed E-state index contributed by atoms with van der Waals surface area (Å²) in [6.07, 6.45) is 1.00. The van der Waals surface area contributed by atoms with Crippen molar-refractivity contribution in [2.75, 3.05) is 5.32 Å². The van der Waals surface area contributed by atoms with Crippen LogP contribution < -0.4 is 5.32 Å². The number of aliphatic carboxylic acids is 1. The quantitative estimate of drug-likeness (QED) is 0.838. The molecule has 21 heavy (non-hydrogen) atoms. The van der Waals surface area contributed by atoms with Gasteiger partial charge in [0, 0.05) is 5.69 Å². The van der Waals surface area contributed by atoms with E-state index in [4.69, 9.17) is 0 Å². The van der Waals surface area contributed by atoms with Crippen LogP contribution >= 0.6 is 0 Å². The molecule has 2 N–H and O–H groups in total. The summed E-state index contributed by atoms with van der Waals surface area (Å²) in [7, 11) is 0. The summed E-state index contributed by atoms with van der Waals surface area (Å²) in [6.45, 7) is 4.34. The van der Waals surface area contributed by atoms with Crippen molar-refractivity contribution in [1.82, 2.24) is 0 Å². The molecule has 3 nitrogen and oxygen atoms in total. The Kier molecular flexibility index (Phi) is 4.99. The molecule has 1 unspecified atom stereocenters. The van der Waals surface area contributed by atoms with Gasteiger partial charge in [-0.2, -0.15) is 0 Å². The zero-order chi connectivity index (χ0) is 15.2. The van der Waals surface area contributed by atoms with Crippen LogP contribution in [0.2, 0.25) is 0 Å². The van der Waals surface area contributed by atoms with Crippen molar-refractivity contribution in [3.8, 4) is 0 Å². The van der Waals surface area contributed by atoms with Crippen LogP contribution in [0.5, 0.6) is 0 Å². The van der Waals surface area contributed by atoms with Gasteiger partial charge in [-0.3, -0.25) is 0 Å². The largest absolute Gasteiger partial charge is 0.479 e. The Labute approximate surface area is 125 Å². The van der Waals surface area contributed by atoms with E-state index >= 15 is 0 Å². The van der Waals surface area contributed by atoms with Crippen molar-refractivity contribution in [3.63, 3.8) is 0 Å². The summed E-state index contributed by atoms with van der Waals surface area (Å²) in [4.78, 5) is 11.5. The number of carboxylic acids is 1. The highest BCUT2D eigenvalue weighted by molar-refractivity contribution is 5.79. The summed E-state index contributed by atoms with van der Waals surface area (Å²) in [5, 5.41) is 12.5. The van der Waals surface area contributed by atoms with Crippen LogP contribution in [0, 0.1) is 5.92 Å². The summed E-state index contributed by atoms with van der Waals surface area (Å²) >= 11 is 0. The van der Waals surface area contributed by atoms with Crippen molar-refractivity contribution in [1.29, 1.82) is 0 Å². The van der Waals surface area contributed by atoms with E-state index in [1.165, 1.54) is 5.56 Å². The van der Waals surface area contributed by atoms with E-state index in [9.17, 15) is 9.90 Å². The number of rotatable bonds is 6. The van der Waals surface area contributed by atoms with Crippen molar-refractivity contribution in [3.05, 3.63) is 65.7 Å². The minimum atomic E-state index is -0.879. The number of anilines is 1. The average molecular weight is 283 g/mol. The normalized spacial score (nSPS) is 12.1. The standard InChI is InChI=1S/C18H21NO2/c1-13(2)12-14-8-10-15(11-9-14)17(18(20)21)19-16-6-4-3-5-7-16/h3-11,13,17,19H,12H2,1-2H3,(H,20,21). The van der Waals surface area contributed by atoms with Crippen LogP contribution in [0.4, 0.5) is 5.69 Å². The molecule has 0 aliphatic heterocycles. The summed E-state index contributed by atoms with van der Waals surface area (Å²) in [6, 6.07) is 16.5. The van der Waals surface area contributed by atoms with Gasteiger partial charge in [0.2, 0.25) is 0 Å². The van der Waals surface area contributed by atoms with Gasteiger partial charge in [-0.1, -0.05) is 56.3 Å². The Bertz CT molecular complexity index is 576. The van der Waals surface area contributed by atoms with Crippen molar-refractivity contribution < 1.29 is 9.90 Å². The van der Waals surface area contributed by atoms with Gasteiger partial charge in [0.25, 0.3) is 0 Å². The SMILES string of the molecule is CC(C)Cc1ccc(C(Nc2ccccc2)C(=O)O)cc1. The monoisotopic (exact) mass is 283 g/mol. The zero-order valence-corrected chi connectivity index (χ0v) is 12.4. The Balaban J connectivity index is 2.16. The molecule has 1 atom stereocenters. The Morgan fingerprint density at radius 2 is 1.67 bits per heavy atom. The van der Waals surface area contributed by atoms with Gasteiger partial charge in [-0.25, -0.2) is 4.79 Å². The molecule has 3 heteroatoms. The van der Waals surface area contributed by atoms with Gasteiger partial charge >= 0.3 is 5.97 Å². The molecule has 110 valence electrons. The molecule has 0 fully saturated rings. The maximum Gasteiger partial charge on any atom is 0.330 e. The van der Waals surface area contributed by atoms with Gasteiger partial charge < -0.3 is 10.4 Å². The molecule has 2 aromatic rings. The fourth-order valence-electron chi connectivity index (χ4n) is 2.31. The van der Waals surface area contributed by atoms with Gasteiger partial charge in [0.15, 0.2) is 6.04 Å². The smallest absolute Gasteiger partial charge is 0.330 e. The van der Waals surface area contributed by atoms with Crippen LogP contribution in [0.3, 0.4) is 0 Å².